The Morgan fingerprint density at radius 2 is 1.94 bits per heavy atom. The van der Waals surface area contributed by atoms with Crippen LogP contribution in [0.1, 0.15) is 18.4 Å². The van der Waals surface area contributed by atoms with Crippen LogP contribution < -0.4 is 15.6 Å². The minimum Gasteiger partial charge on any atom is -0.496 e. The predicted octanol–water partition coefficient (Wildman–Crippen LogP) is 4.67. The summed E-state index contributed by atoms with van der Waals surface area (Å²) < 4.78 is 6.99. The molecule has 1 saturated heterocycles. The molecule has 0 bridgehead atoms. The second kappa shape index (κ2) is 10.0. The lowest BCUT2D eigenvalue weighted by molar-refractivity contribution is 0.352. The van der Waals surface area contributed by atoms with Crippen LogP contribution in [0, 0.1) is 5.41 Å². The van der Waals surface area contributed by atoms with Crippen molar-refractivity contribution in [2.75, 3.05) is 38.6 Å². The van der Waals surface area contributed by atoms with E-state index in [4.69, 9.17) is 21.7 Å². The Bertz CT molecular complexity index is 1170. The zero-order valence-electron chi connectivity index (χ0n) is 18.1. The van der Waals surface area contributed by atoms with Gasteiger partial charge in [-0.15, -0.1) is 0 Å². The van der Waals surface area contributed by atoms with E-state index in [1.54, 1.807) is 36.1 Å². The van der Waals surface area contributed by atoms with Crippen molar-refractivity contribution >= 4 is 23.5 Å². The maximum Gasteiger partial charge on any atom is 0.255 e. The first-order chi connectivity index (χ1) is 15.6. The quantitative estimate of drug-likeness (QED) is 0.489. The van der Waals surface area contributed by atoms with Gasteiger partial charge in [0.05, 0.1) is 7.11 Å². The lowest BCUT2D eigenvalue weighted by Crippen LogP contribution is -2.26. The molecule has 2 N–H and O–H groups in total. The summed E-state index contributed by atoms with van der Waals surface area (Å²) in [5.74, 6) is 0.616. The number of methoxy groups -OCH3 is 1. The van der Waals surface area contributed by atoms with Gasteiger partial charge in [0, 0.05) is 59.1 Å². The fourth-order valence-corrected chi connectivity index (χ4v) is 4.26. The largest absolute Gasteiger partial charge is 0.496 e. The zero-order valence-corrected chi connectivity index (χ0v) is 18.9. The summed E-state index contributed by atoms with van der Waals surface area (Å²) in [6.07, 6.45) is 5.62. The Hall–Kier alpha value is -3.09. The number of hydrogen-bond donors (Lipinski definition) is 2. The van der Waals surface area contributed by atoms with E-state index in [0.29, 0.717) is 16.5 Å². The number of hydrogen-bond acceptors (Lipinski definition) is 5. The van der Waals surface area contributed by atoms with Crippen molar-refractivity contribution in [1.82, 2.24) is 9.47 Å². The summed E-state index contributed by atoms with van der Waals surface area (Å²) in [5.41, 5.74) is 3.77. The molecule has 2 heterocycles. The summed E-state index contributed by atoms with van der Waals surface area (Å²) in [6.45, 7) is 4.16. The van der Waals surface area contributed by atoms with E-state index in [0.717, 1.165) is 35.5 Å². The summed E-state index contributed by atoms with van der Waals surface area (Å²) in [6, 6.07) is 14.5. The molecule has 0 saturated carbocycles. The van der Waals surface area contributed by atoms with Crippen molar-refractivity contribution in [1.29, 1.82) is 5.41 Å². The molecule has 4 rings (SSSR count). The first-order valence-electron chi connectivity index (χ1n) is 10.8. The van der Waals surface area contributed by atoms with E-state index in [9.17, 15) is 4.79 Å². The van der Waals surface area contributed by atoms with Crippen molar-refractivity contribution in [3.05, 3.63) is 75.7 Å². The standard InChI is InChI=1S/C25H27ClN4O2/c1-32-24-16-20(26)4-6-22(24)18-8-12-30(25(31)15-18)21-5-7-23(19(14-21)17-27)28-9-13-29-10-2-3-11-29/h4-8,12,14-17,27-28H,2-3,9-11,13H2,1H3. The van der Waals surface area contributed by atoms with Crippen LogP contribution in [0.3, 0.4) is 0 Å². The van der Waals surface area contributed by atoms with Gasteiger partial charge in [0.25, 0.3) is 5.56 Å². The Balaban J connectivity index is 1.55. The fraction of sp³-hybridized carbons (Fsp3) is 0.280. The molecule has 2 aromatic carbocycles. The number of nitrogens with zero attached hydrogens (tertiary/aromatic N) is 2. The molecule has 0 unspecified atom stereocenters. The molecule has 0 atom stereocenters. The molecule has 3 aromatic rings. The van der Waals surface area contributed by atoms with E-state index >= 15 is 0 Å². The number of likely N-dealkylation sites (tertiary alicyclic amines) is 1. The molecule has 7 heteroatoms. The van der Waals surface area contributed by atoms with Gasteiger partial charge in [-0.25, -0.2) is 0 Å². The van der Waals surface area contributed by atoms with E-state index in [1.807, 2.05) is 30.3 Å². The Labute approximate surface area is 192 Å². The number of halogens is 1. The van der Waals surface area contributed by atoms with Gasteiger partial charge in [0.15, 0.2) is 0 Å². The smallest absolute Gasteiger partial charge is 0.255 e. The third kappa shape index (κ3) is 4.87. The second-order valence-electron chi connectivity index (χ2n) is 7.86. The van der Waals surface area contributed by atoms with Crippen molar-refractivity contribution in [2.45, 2.75) is 12.8 Å². The average molecular weight is 451 g/mol. The highest BCUT2D eigenvalue weighted by Gasteiger charge is 2.12. The average Bonchev–Trinajstić information content (AvgIpc) is 3.32. The van der Waals surface area contributed by atoms with Gasteiger partial charge >= 0.3 is 0 Å². The molecule has 6 nitrogen and oxygen atoms in total. The Kier molecular flexibility index (Phi) is 6.93. The van der Waals surface area contributed by atoms with Gasteiger partial charge in [-0.05, 0) is 74.0 Å². The van der Waals surface area contributed by atoms with Crippen molar-refractivity contribution in [3.63, 3.8) is 0 Å². The van der Waals surface area contributed by atoms with Crippen LogP contribution in [-0.4, -0.2) is 49.0 Å². The summed E-state index contributed by atoms with van der Waals surface area (Å²) in [4.78, 5) is 15.3. The third-order valence-corrected chi connectivity index (χ3v) is 6.04. The monoisotopic (exact) mass is 450 g/mol. The molecular formula is C25H27ClN4O2. The van der Waals surface area contributed by atoms with E-state index in [1.165, 1.54) is 32.1 Å². The Morgan fingerprint density at radius 1 is 1.12 bits per heavy atom. The highest BCUT2D eigenvalue weighted by Crippen LogP contribution is 2.31. The van der Waals surface area contributed by atoms with Crippen LogP contribution in [0.25, 0.3) is 16.8 Å². The number of nitrogens with one attached hydrogen (secondary N) is 2. The SMILES string of the molecule is COc1cc(Cl)ccc1-c1ccn(-c2ccc(NCCN3CCCC3)c(C=N)c2)c(=O)c1. The van der Waals surface area contributed by atoms with Crippen molar-refractivity contribution < 1.29 is 4.74 Å². The minimum absolute atomic E-state index is 0.162. The van der Waals surface area contributed by atoms with Gasteiger partial charge in [0.1, 0.15) is 5.75 Å². The molecule has 0 radical (unpaired) electrons. The van der Waals surface area contributed by atoms with Gasteiger partial charge < -0.3 is 20.4 Å². The summed E-state index contributed by atoms with van der Waals surface area (Å²) in [7, 11) is 1.58. The summed E-state index contributed by atoms with van der Waals surface area (Å²) >= 11 is 6.05. The summed E-state index contributed by atoms with van der Waals surface area (Å²) in [5, 5.41) is 11.8. The maximum absolute atomic E-state index is 12.9. The molecular weight excluding hydrogens is 424 g/mol. The number of aromatic nitrogens is 1. The van der Waals surface area contributed by atoms with E-state index in [2.05, 4.69) is 10.2 Å². The van der Waals surface area contributed by atoms with E-state index < -0.39 is 0 Å². The van der Waals surface area contributed by atoms with Crippen molar-refractivity contribution in [2.24, 2.45) is 0 Å². The second-order valence-corrected chi connectivity index (χ2v) is 8.30. The first kappa shape index (κ1) is 22.1. The van der Waals surface area contributed by atoms with Gasteiger partial charge in [-0.1, -0.05) is 11.6 Å². The molecule has 1 aromatic heterocycles. The van der Waals surface area contributed by atoms with Gasteiger partial charge in [0.2, 0.25) is 0 Å². The first-order valence-corrected chi connectivity index (χ1v) is 11.1. The topological polar surface area (TPSA) is 70.3 Å². The molecule has 1 aliphatic heterocycles. The number of benzene rings is 2. The molecule has 0 aliphatic carbocycles. The molecule has 0 spiro atoms. The van der Waals surface area contributed by atoms with Crippen LogP contribution in [0.2, 0.25) is 5.02 Å². The highest BCUT2D eigenvalue weighted by atomic mass is 35.5. The third-order valence-electron chi connectivity index (χ3n) is 5.81. The normalized spacial score (nSPS) is 13.8. The lowest BCUT2D eigenvalue weighted by atomic mass is 10.1. The van der Waals surface area contributed by atoms with Crippen LogP contribution in [0.4, 0.5) is 5.69 Å². The van der Waals surface area contributed by atoms with Crippen LogP contribution in [-0.2, 0) is 0 Å². The maximum atomic E-state index is 12.9. The van der Waals surface area contributed by atoms with E-state index in [-0.39, 0.29) is 5.56 Å². The van der Waals surface area contributed by atoms with Gasteiger partial charge in [-0.3, -0.25) is 9.36 Å². The molecule has 166 valence electrons. The van der Waals surface area contributed by atoms with Crippen molar-refractivity contribution in [3.8, 4) is 22.6 Å². The zero-order chi connectivity index (χ0) is 22.5. The predicted molar refractivity (Wildman–Crippen MR) is 131 cm³/mol. The lowest BCUT2D eigenvalue weighted by Gasteiger charge is -2.17. The number of ether oxygens (including phenoxy) is 1. The fourth-order valence-electron chi connectivity index (χ4n) is 4.10. The van der Waals surface area contributed by atoms with Crippen LogP contribution >= 0.6 is 11.6 Å². The van der Waals surface area contributed by atoms with Crippen LogP contribution in [0.5, 0.6) is 5.75 Å². The molecule has 32 heavy (non-hydrogen) atoms. The number of rotatable bonds is 8. The number of anilines is 1. The van der Waals surface area contributed by atoms with Gasteiger partial charge in [-0.2, -0.15) is 0 Å². The molecule has 1 fully saturated rings. The Morgan fingerprint density at radius 3 is 2.66 bits per heavy atom. The molecule has 1 aliphatic rings. The highest BCUT2D eigenvalue weighted by molar-refractivity contribution is 6.30. The van der Waals surface area contributed by atoms with Crippen LogP contribution in [0.15, 0.2) is 59.5 Å². The minimum atomic E-state index is -0.162. The molecule has 0 amide bonds. The number of pyridine rings is 1.